The molecule has 0 radical (unpaired) electrons. The first-order valence-electron chi connectivity index (χ1n) is 10.6. The highest BCUT2D eigenvalue weighted by atomic mass is 32.2. The molecule has 0 saturated carbocycles. The van der Waals surface area contributed by atoms with Crippen LogP contribution in [-0.4, -0.2) is 22.7 Å². The van der Waals surface area contributed by atoms with E-state index in [0.717, 1.165) is 23.2 Å². The number of rotatable bonds is 7. The van der Waals surface area contributed by atoms with Crippen molar-refractivity contribution < 1.29 is 18.7 Å². The van der Waals surface area contributed by atoms with E-state index in [2.05, 4.69) is 5.32 Å². The summed E-state index contributed by atoms with van der Waals surface area (Å²) in [6, 6.07) is 20.3. The van der Waals surface area contributed by atoms with Crippen molar-refractivity contribution in [1.82, 2.24) is 0 Å². The van der Waals surface area contributed by atoms with Gasteiger partial charge in [-0.3, -0.25) is 14.5 Å². The van der Waals surface area contributed by atoms with Gasteiger partial charge in [0.05, 0.1) is 10.6 Å². The van der Waals surface area contributed by atoms with Crippen molar-refractivity contribution in [2.45, 2.75) is 13.3 Å². The summed E-state index contributed by atoms with van der Waals surface area (Å²) in [5.41, 5.74) is 3.15. The fourth-order valence-corrected chi connectivity index (χ4v) is 4.68. The summed E-state index contributed by atoms with van der Waals surface area (Å²) in [5, 5.41) is 2.87. The number of ether oxygens (including phenoxy) is 1. The lowest BCUT2D eigenvalue weighted by Crippen LogP contribution is -2.27. The van der Waals surface area contributed by atoms with Crippen LogP contribution in [0.15, 0.2) is 77.7 Å². The maximum Gasteiger partial charge on any atom is 0.270 e. The minimum absolute atomic E-state index is 0.117. The number of anilines is 2. The van der Waals surface area contributed by atoms with Crippen LogP contribution in [0.1, 0.15) is 18.1 Å². The van der Waals surface area contributed by atoms with Crippen LogP contribution in [0.2, 0.25) is 0 Å². The average molecular weight is 493 g/mol. The van der Waals surface area contributed by atoms with Gasteiger partial charge >= 0.3 is 0 Å². The molecular weight excluding hydrogens is 471 g/mol. The number of carbonyl (C=O) groups excluding carboxylic acids is 2. The molecule has 0 spiro atoms. The summed E-state index contributed by atoms with van der Waals surface area (Å²) >= 11 is 6.53. The Balaban J connectivity index is 1.37. The third-order valence-electron chi connectivity index (χ3n) is 5.10. The quantitative estimate of drug-likeness (QED) is 0.333. The molecule has 172 valence electrons. The van der Waals surface area contributed by atoms with Crippen LogP contribution in [0, 0.1) is 5.82 Å². The van der Waals surface area contributed by atoms with Crippen molar-refractivity contribution in [1.29, 1.82) is 0 Å². The van der Waals surface area contributed by atoms with Crippen LogP contribution in [0.25, 0.3) is 6.08 Å². The summed E-state index contributed by atoms with van der Waals surface area (Å²) < 4.78 is 19.2. The van der Waals surface area contributed by atoms with Gasteiger partial charge in [-0.05, 0) is 66.1 Å². The SMILES string of the molecule is CCc1ccccc1NC(=O)COc1ccc(/C=C2\SC(=S)N(c3ccc(F)cc3)C2=O)cc1. The number of aryl methyl sites for hydroxylation is 1. The van der Waals surface area contributed by atoms with Crippen LogP contribution in [0.3, 0.4) is 0 Å². The van der Waals surface area contributed by atoms with Crippen molar-refractivity contribution in [3.8, 4) is 5.75 Å². The first-order valence-corrected chi connectivity index (χ1v) is 11.8. The summed E-state index contributed by atoms with van der Waals surface area (Å²) in [5.74, 6) is -0.342. The topological polar surface area (TPSA) is 58.6 Å². The molecule has 0 aromatic heterocycles. The van der Waals surface area contributed by atoms with E-state index in [0.29, 0.717) is 20.7 Å². The van der Waals surface area contributed by atoms with Gasteiger partial charge in [0.25, 0.3) is 11.8 Å². The predicted molar refractivity (Wildman–Crippen MR) is 138 cm³/mol. The number of nitrogens with one attached hydrogen (secondary N) is 1. The number of nitrogens with zero attached hydrogens (tertiary/aromatic N) is 1. The van der Waals surface area contributed by atoms with E-state index in [-0.39, 0.29) is 24.2 Å². The Morgan fingerprint density at radius 2 is 1.79 bits per heavy atom. The van der Waals surface area contributed by atoms with E-state index >= 15 is 0 Å². The molecule has 0 bridgehead atoms. The summed E-state index contributed by atoms with van der Waals surface area (Å²) in [4.78, 5) is 26.9. The fraction of sp³-hybridized carbons (Fsp3) is 0.115. The zero-order valence-electron chi connectivity index (χ0n) is 18.3. The average Bonchev–Trinajstić information content (AvgIpc) is 3.12. The Morgan fingerprint density at radius 1 is 1.09 bits per heavy atom. The minimum Gasteiger partial charge on any atom is -0.484 e. The second-order valence-corrected chi connectivity index (χ2v) is 9.09. The van der Waals surface area contributed by atoms with E-state index in [1.165, 1.54) is 40.9 Å². The standard InChI is InChI=1S/C26H21FN2O3S2/c1-2-18-5-3-4-6-22(18)28-24(30)16-32-21-13-7-17(8-14-21)15-23-25(31)29(26(33)34-23)20-11-9-19(27)10-12-20/h3-15H,2,16H2,1H3,(H,28,30)/b23-15-. The van der Waals surface area contributed by atoms with Crippen molar-refractivity contribution in [3.05, 3.63) is 94.6 Å². The number of hydrogen-bond acceptors (Lipinski definition) is 5. The van der Waals surface area contributed by atoms with Gasteiger partial charge < -0.3 is 10.1 Å². The third kappa shape index (κ3) is 5.52. The number of thiocarbonyl (C=S) groups is 1. The Kier molecular flexibility index (Phi) is 7.40. The number of carbonyl (C=O) groups is 2. The molecule has 0 atom stereocenters. The minimum atomic E-state index is -0.379. The molecule has 1 aliphatic rings. The van der Waals surface area contributed by atoms with E-state index in [1.54, 1.807) is 30.3 Å². The molecule has 3 aromatic carbocycles. The monoisotopic (exact) mass is 492 g/mol. The van der Waals surface area contributed by atoms with Crippen LogP contribution < -0.4 is 15.0 Å². The Hall–Kier alpha value is -3.49. The molecule has 1 heterocycles. The summed E-state index contributed by atoms with van der Waals surface area (Å²) in [7, 11) is 0. The zero-order valence-corrected chi connectivity index (χ0v) is 19.9. The fourth-order valence-electron chi connectivity index (χ4n) is 3.38. The Labute approximate surface area is 206 Å². The van der Waals surface area contributed by atoms with Crippen LogP contribution in [0.5, 0.6) is 5.75 Å². The van der Waals surface area contributed by atoms with Gasteiger partial charge in [-0.15, -0.1) is 0 Å². The van der Waals surface area contributed by atoms with Gasteiger partial charge in [0.1, 0.15) is 11.6 Å². The van der Waals surface area contributed by atoms with Crippen molar-refractivity contribution in [2.24, 2.45) is 0 Å². The molecule has 8 heteroatoms. The van der Waals surface area contributed by atoms with E-state index < -0.39 is 0 Å². The molecule has 4 rings (SSSR count). The van der Waals surface area contributed by atoms with Gasteiger partial charge in [-0.2, -0.15) is 0 Å². The van der Waals surface area contributed by atoms with E-state index in [9.17, 15) is 14.0 Å². The maximum atomic E-state index is 13.2. The smallest absolute Gasteiger partial charge is 0.270 e. The molecule has 0 aliphatic carbocycles. The number of halogens is 1. The molecule has 0 unspecified atom stereocenters. The van der Waals surface area contributed by atoms with Crippen LogP contribution >= 0.6 is 24.0 Å². The normalized spacial score (nSPS) is 14.5. The number of hydrogen-bond donors (Lipinski definition) is 1. The largest absolute Gasteiger partial charge is 0.484 e. The summed E-state index contributed by atoms with van der Waals surface area (Å²) in [6.07, 6.45) is 2.56. The molecule has 3 aromatic rings. The molecule has 1 fully saturated rings. The van der Waals surface area contributed by atoms with Gasteiger partial charge in [0, 0.05) is 5.69 Å². The number of thioether (sulfide) groups is 1. The number of para-hydroxylation sites is 1. The lowest BCUT2D eigenvalue weighted by molar-refractivity contribution is -0.118. The maximum absolute atomic E-state index is 13.2. The second kappa shape index (κ2) is 10.6. The Bertz CT molecular complexity index is 1260. The molecule has 1 N–H and O–H groups in total. The molecule has 34 heavy (non-hydrogen) atoms. The van der Waals surface area contributed by atoms with Crippen molar-refractivity contribution >= 4 is 57.6 Å². The molecular formula is C26H21FN2O3S2. The van der Waals surface area contributed by atoms with Crippen LogP contribution in [-0.2, 0) is 16.0 Å². The van der Waals surface area contributed by atoms with Crippen molar-refractivity contribution in [2.75, 3.05) is 16.8 Å². The lowest BCUT2D eigenvalue weighted by Gasteiger charge is -2.14. The van der Waals surface area contributed by atoms with Gasteiger partial charge in [0.2, 0.25) is 0 Å². The zero-order chi connectivity index (χ0) is 24.1. The molecule has 1 aliphatic heterocycles. The first-order chi connectivity index (χ1) is 16.4. The first kappa shape index (κ1) is 23.7. The van der Waals surface area contributed by atoms with Gasteiger partial charge in [-0.1, -0.05) is 61.2 Å². The summed E-state index contributed by atoms with van der Waals surface area (Å²) in [6.45, 7) is 1.91. The lowest BCUT2D eigenvalue weighted by atomic mass is 10.1. The van der Waals surface area contributed by atoms with E-state index in [4.69, 9.17) is 17.0 Å². The highest BCUT2D eigenvalue weighted by molar-refractivity contribution is 8.27. The molecule has 1 saturated heterocycles. The third-order valence-corrected chi connectivity index (χ3v) is 6.40. The number of amides is 2. The van der Waals surface area contributed by atoms with Crippen molar-refractivity contribution in [3.63, 3.8) is 0 Å². The van der Waals surface area contributed by atoms with E-state index in [1.807, 2.05) is 31.2 Å². The Morgan fingerprint density at radius 3 is 2.50 bits per heavy atom. The highest BCUT2D eigenvalue weighted by Gasteiger charge is 2.33. The van der Waals surface area contributed by atoms with Crippen LogP contribution in [0.4, 0.5) is 15.8 Å². The van der Waals surface area contributed by atoms with Gasteiger partial charge in [0.15, 0.2) is 10.9 Å². The van der Waals surface area contributed by atoms with Gasteiger partial charge in [-0.25, -0.2) is 4.39 Å². The predicted octanol–water partition coefficient (Wildman–Crippen LogP) is 5.81. The number of benzene rings is 3. The second-order valence-electron chi connectivity index (χ2n) is 7.41. The molecule has 5 nitrogen and oxygen atoms in total. The highest BCUT2D eigenvalue weighted by Crippen LogP contribution is 2.36. The molecule has 2 amide bonds.